The fourth-order valence-electron chi connectivity index (χ4n) is 1.75. The first kappa shape index (κ1) is 15.0. The van der Waals surface area contributed by atoms with E-state index in [2.05, 4.69) is 10.3 Å². The van der Waals surface area contributed by atoms with Crippen LogP contribution >= 0.6 is 0 Å². The minimum atomic E-state index is -4.75. The highest BCUT2D eigenvalue weighted by Crippen LogP contribution is 2.37. The Labute approximate surface area is 116 Å². The van der Waals surface area contributed by atoms with Crippen molar-refractivity contribution in [2.45, 2.75) is 13.1 Å². The first-order chi connectivity index (χ1) is 9.70. The van der Waals surface area contributed by atoms with Crippen molar-refractivity contribution in [2.75, 3.05) is 11.1 Å². The summed E-state index contributed by atoms with van der Waals surface area (Å²) in [4.78, 5) is 3.63. The van der Waals surface area contributed by atoms with Crippen molar-refractivity contribution in [1.82, 2.24) is 4.98 Å². The van der Waals surface area contributed by atoms with Crippen LogP contribution in [-0.2, 0) is 6.18 Å². The zero-order chi connectivity index (χ0) is 15.8. The number of nitrogens with one attached hydrogen (secondary N) is 1. The molecule has 0 saturated heterocycles. The molecule has 0 spiro atoms. The fraction of sp³-hybridized carbons (Fsp3) is 0.154. The molecule has 0 aliphatic carbocycles. The number of aryl methyl sites for hydroxylation is 1. The third-order valence-electron chi connectivity index (χ3n) is 2.77. The standard InChI is InChI=1S/C13H10F5N3/c1-6-10(5-9(15)12(19)20-6)21-11-7(13(16,17)18)3-2-4-8(11)14/h2-5,21H,1H3,(H2,19,20). The van der Waals surface area contributed by atoms with Crippen LogP contribution in [0.2, 0.25) is 0 Å². The molecule has 3 N–H and O–H groups in total. The molecule has 0 aliphatic heterocycles. The van der Waals surface area contributed by atoms with Gasteiger partial charge in [-0.3, -0.25) is 0 Å². The lowest BCUT2D eigenvalue weighted by molar-refractivity contribution is -0.137. The fourth-order valence-corrected chi connectivity index (χ4v) is 1.75. The highest BCUT2D eigenvalue weighted by atomic mass is 19.4. The second kappa shape index (κ2) is 5.19. The van der Waals surface area contributed by atoms with Crippen molar-refractivity contribution in [3.05, 3.63) is 47.2 Å². The van der Waals surface area contributed by atoms with Crippen LogP contribution in [0.4, 0.5) is 39.1 Å². The van der Waals surface area contributed by atoms with Crippen molar-refractivity contribution >= 4 is 17.2 Å². The van der Waals surface area contributed by atoms with E-state index >= 15 is 0 Å². The Hall–Kier alpha value is -2.38. The summed E-state index contributed by atoms with van der Waals surface area (Å²) in [5.74, 6) is -2.41. The van der Waals surface area contributed by atoms with Gasteiger partial charge >= 0.3 is 6.18 Å². The van der Waals surface area contributed by atoms with Crippen LogP contribution in [0.25, 0.3) is 0 Å². The normalized spacial score (nSPS) is 11.5. The van der Waals surface area contributed by atoms with Crippen LogP contribution < -0.4 is 11.1 Å². The molecule has 0 unspecified atom stereocenters. The highest BCUT2D eigenvalue weighted by molar-refractivity contribution is 5.67. The Morgan fingerprint density at radius 2 is 1.81 bits per heavy atom. The lowest BCUT2D eigenvalue weighted by Gasteiger charge is -2.16. The van der Waals surface area contributed by atoms with Crippen molar-refractivity contribution < 1.29 is 22.0 Å². The largest absolute Gasteiger partial charge is 0.418 e. The maximum atomic E-state index is 13.7. The van der Waals surface area contributed by atoms with Gasteiger partial charge in [-0.2, -0.15) is 13.2 Å². The number of aromatic nitrogens is 1. The number of hydrogen-bond donors (Lipinski definition) is 2. The zero-order valence-corrected chi connectivity index (χ0v) is 10.7. The summed E-state index contributed by atoms with van der Waals surface area (Å²) < 4.78 is 65.6. The molecule has 0 radical (unpaired) electrons. The molecular formula is C13H10F5N3. The number of nitrogens with zero attached hydrogens (tertiary/aromatic N) is 1. The molecule has 1 aromatic carbocycles. The Kier molecular flexibility index (Phi) is 3.71. The smallest absolute Gasteiger partial charge is 0.381 e. The average molecular weight is 303 g/mol. The summed E-state index contributed by atoms with van der Waals surface area (Å²) in [6.07, 6.45) is -4.75. The molecule has 1 aromatic heterocycles. The van der Waals surface area contributed by atoms with Gasteiger partial charge in [0.05, 0.1) is 22.6 Å². The van der Waals surface area contributed by atoms with E-state index in [1.807, 2.05) is 0 Å². The quantitative estimate of drug-likeness (QED) is 0.824. The lowest BCUT2D eigenvalue weighted by atomic mass is 10.1. The topological polar surface area (TPSA) is 50.9 Å². The molecule has 0 bridgehead atoms. The monoisotopic (exact) mass is 303 g/mol. The Morgan fingerprint density at radius 1 is 1.14 bits per heavy atom. The number of nitrogens with two attached hydrogens (primary N) is 1. The predicted molar refractivity (Wildman–Crippen MR) is 68.0 cm³/mol. The maximum absolute atomic E-state index is 13.7. The second-order valence-corrected chi connectivity index (χ2v) is 4.27. The molecule has 2 aromatic rings. The van der Waals surface area contributed by atoms with Gasteiger partial charge < -0.3 is 11.1 Å². The van der Waals surface area contributed by atoms with E-state index in [9.17, 15) is 22.0 Å². The van der Waals surface area contributed by atoms with E-state index in [1.54, 1.807) is 0 Å². The summed E-state index contributed by atoms with van der Waals surface area (Å²) in [5.41, 5.74) is 3.30. The number of pyridine rings is 1. The number of anilines is 3. The van der Waals surface area contributed by atoms with Gasteiger partial charge in [0.1, 0.15) is 5.82 Å². The zero-order valence-electron chi connectivity index (χ0n) is 10.7. The number of hydrogen-bond acceptors (Lipinski definition) is 3. The van der Waals surface area contributed by atoms with E-state index in [0.717, 1.165) is 24.3 Å². The van der Waals surface area contributed by atoms with E-state index < -0.39 is 29.1 Å². The number of nitrogen functional groups attached to an aromatic ring is 1. The van der Waals surface area contributed by atoms with E-state index in [0.29, 0.717) is 0 Å². The predicted octanol–water partition coefficient (Wildman–Crippen LogP) is 4.01. The van der Waals surface area contributed by atoms with E-state index in [4.69, 9.17) is 5.73 Å². The summed E-state index contributed by atoms with van der Waals surface area (Å²) in [6.45, 7) is 1.41. The van der Waals surface area contributed by atoms with Crippen molar-refractivity contribution in [2.24, 2.45) is 0 Å². The number of rotatable bonds is 2. The van der Waals surface area contributed by atoms with Gasteiger partial charge in [-0.05, 0) is 19.1 Å². The van der Waals surface area contributed by atoms with Crippen LogP contribution in [0.3, 0.4) is 0 Å². The molecule has 3 nitrogen and oxygen atoms in total. The third-order valence-corrected chi connectivity index (χ3v) is 2.77. The Bertz CT molecular complexity index is 682. The van der Waals surface area contributed by atoms with Gasteiger partial charge in [-0.1, -0.05) is 6.07 Å². The molecule has 2 rings (SSSR count). The van der Waals surface area contributed by atoms with Gasteiger partial charge in [-0.25, -0.2) is 13.8 Å². The number of halogens is 5. The first-order valence-corrected chi connectivity index (χ1v) is 5.75. The molecule has 0 fully saturated rings. The Morgan fingerprint density at radius 3 is 2.43 bits per heavy atom. The van der Waals surface area contributed by atoms with Gasteiger partial charge in [0.15, 0.2) is 11.6 Å². The molecular weight excluding hydrogens is 293 g/mol. The van der Waals surface area contributed by atoms with E-state index in [-0.39, 0.29) is 17.2 Å². The van der Waals surface area contributed by atoms with Crippen LogP contribution in [0.15, 0.2) is 24.3 Å². The van der Waals surface area contributed by atoms with Gasteiger partial charge in [0, 0.05) is 6.07 Å². The van der Waals surface area contributed by atoms with Gasteiger partial charge in [-0.15, -0.1) is 0 Å². The number of alkyl halides is 3. The molecule has 21 heavy (non-hydrogen) atoms. The lowest BCUT2D eigenvalue weighted by Crippen LogP contribution is -2.11. The average Bonchev–Trinajstić information content (AvgIpc) is 2.36. The van der Waals surface area contributed by atoms with Crippen molar-refractivity contribution in [3.8, 4) is 0 Å². The molecule has 0 aliphatic rings. The second-order valence-electron chi connectivity index (χ2n) is 4.27. The number of benzene rings is 1. The van der Waals surface area contributed by atoms with E-state index in [1.165, 1.54) is 6.92 Å². The summed E-state index contributed by atoms with van der Waals surface area (Å²) in [7, 11) is 0. The molecule has 112 valence electrons. The summed E-state index contributed by atoms with van der Waals surface area (Å²) >= 11 is 0. The van der Waals surface area contributed by atoms with Crippen LogP contribution in [-0.4, -0.2) is 4.98 Å². The minimum Gasteiger partial charge on any atom is -0.381 e. The van der Waals surface area contributed by atoms with Gasteiger partial charge in [0.2, 0.25) is 0 Å². The SMILES string of the molecule is Cc1nc(N)c(F)cc1Nc1c(F)cccc1C(F)(F)F. The third kappa shape index (κ3) is 3.04. The molecule has 0 atom stereocenters. The molecule has 0 amide bonds. The first-order valence-electron chi connectivity index (χ1n) is 5.75. The highest BCUT2D eigenvalue weighted by Gasteiger charge is 2.34. The van der Waals surface area contributed by atoms with Crippen LogP contribution in [0, 0.1) is 18.6 Å². The van der Waals surface area contributed by atoms with Crippen molar-refractivity contribution in [1.29, 1.82) is 0 Å². The van der Waals surface area contributed by atoms with Crippen molar-refractivity contribution in [3.63, 3.8) is 0 Å². The summed E-state index contributed by atoms with van der Waals surface area (Å²) in [6, 6.07) is 3.40. The summed E-state index contributed by atoms with van der Waals surface area (Å²) in [5, 5.41) is 2.23. The van der Waals surface area contributed by atoms with Gasteiger partial charge in [0.25, 0.3) is 0 Å². The minimum absolute atomic E-state index is 0.0997. The number of para-hydroxylation sites is 1. The van der Waals surface area contributed by atoms with Crippen LogP contribution in [0.5, 0.6) is 0 Å². The molecule has 0 saturated carbocycles. The van der Waals surface area contributed by atoms with Crippen LogP contribution in [0.1, 0.15) is 11.3 Å². The Balaban J connectivity index is 2.52. The maximum Gasteiger partial charge on any atom is 0.418 e. The molecule has 8 heteroatoms. The molecule has 1 heterocycles.